The van der Waals surface area contributed by atoms with E-state index in [1.54, 1.807) is 68.7 Å². The first kappa shape index (κ1) is 30.2. The second-order valence-corrected chi connectivity index (χ2v) is 7.53. The summed E-state index contributed by atoms with van der Waals surface area (Å²) in [6.07, 6.45) is 6.09. The molecule has 0 spiro atoms. The molecule has 3 heterocycles. The molecule has 3 aromatic rings. The number of amides is 2. The minimum absolute atomic E-state index is 0. The third-order valence-electron chi connectivity index (χ3n) is 3.99. The molecule has 0 radical (unpaired) electrons. The zero-order chi connectivity index (χ0) is 25.8. The van der Waals surface area contributed by atoms with Gasteiger partial charge in [-0.1, -0.05) is 6.07 Å². The van der Waals surface area contributed by atoms with E-state index in [1.807, 2.05) is 0 Å². The number of hydrazone groups is 2. The molecule has 0 saturated heterocycles. The van der Waals surface area contributed by atoms with Crippen LogP contribution in [0.2, 0.25) is 0 Å². The van der Waals surface area contributed by atoms with Crippen LogP contribution in [0.5, 0.6) is 0 Å². The van der Waals surface area contributed by atoms with E-state index in [0.717, 1.165) is 0 Å². The van der Waals surface area contributed by atoms with Gasteiger partial charge in [0.1, 0.15) is 0 Å². The van der Waals surface area contributed by atoms with Crippen molar-refractivity contribution in [2.75, 3.05) is 0 Å². The number of carbonyl (C=O) groups is 2. The number of carbonyl (C=O) groups excluding carboxylic acids is 2. The fraction of sp³-hybridized carbons (Fsp3) is 0.0952. The average Bonchev–Trinajstić information content (AvgIpc) is 2.85. The van der Waals surface area contributed by atoms with Gasteiger partial charge in [-0.05, 0) is 50.2 Å². The molecular weight excluding hydrogens is 534 g/mol. The maximum atomic E-state index is 12.1. The molecule has 0 aliphatic heterocycles. The topological polar surface area (TPSA) is 202 Å². The van der Waals surface area contributed by atoms with Crippen molar-refractivity contribution in [2.45, 2.75) is 13.8 Å². The van der Waals surface area contributed by atoms with Crippen molar-refractivity contribution < 1.29 is 44.2 Å². The van der Waals surface area contributed by atoms with Crippen molar-refractivity contribution in [2.24, 2.45) is 10.2 Å². The number of nitrogens with one attached hydrogen (secondary N) is 2. The van der Waals surface area contributed by atoms with Gasteiger partial charge in [0.25, 0.3) is 11.8 Å². The molecule has 0 atom stereocenters. The molecule has 2 amide bonds. The molecule has 4 N–H and O–H groups in total. The quantitative estimate of drug-likeness (QED) is 0.108. The number of pyridine rings is 3. The number of rotatable bonds is 6. The Balaban J connectivity index is 0.000000983. The zero-order valence-electron chi connectivity index (χ0n) is 18.9. The SMILES string of the molecule is CC(=NNC(=O)c1cccnc1)c1cccc(C(C)=NNC(=O)c2cccnc2)n1.O=S(=O)([O-])[OH2+].[Fe+2]. The zero-order valence-corrected chi connectivity index (χ0v) is 20.8. The Bertz CT molecular complexity index is 1240. The van der Waals surface area contributed by atoms with Gasteiger partial charge in [0, 0.05) is 24.8 Å². The van der Waals surface area contributed by atoms with Crippen LogP contribution in [0.15, 0.2) is 77.5 Å². The molecule has 3 aromatic heterocycles. The van der Waals surface area contributed by atoms with E-state index in [2.05, 4.69) is 36.0 Å². The van der Waals surface area contributed by atoms with E-state index in [1.165, 1.54) is 12.4 Å². The molecule has 0 fully saturated rings. The van der Waals surface area contributed by atoms with Crippen LogP contribution < -0.4 is 10.9 Å². The molecule has 0 unspecified atom stereocenters. The fourth-order valence-electron chi connectivity index (χ4n) is 2.34. The molecule has 15 heteroatoms. The molecule has 36 heavy (non-hydrogen) atoms. The Kier molecular flexibility index (Phi) is 12.1. The normalized spacial score (nSPS) is 11.3. The first-order valence-corrected chi connectivity index (χ1v) is 11.1. The van der Waals surface area contributed by atoms with Gasteiger partial charge in [-0.2, -0.15) is 18.6 Å². The maximum absolute atomic E-state index is 12.1. The second kappa shape index (κ2) is 14.5. The monoisotopic (exact) mass is 555 g/mol. The molecule has 0 saturated carbocycles. The van der Waals surface area contributed by atoms with Gasteiger partial charge >= 0.3 is 27.5 Å². The standard InChI is InChI=1S/C21H19N7O2.Fe.H2O4S/c1-14(25-27-20(29)16-6-4-10-22-12-16)18-8-3-9-19(24-18)15(2)26-28-21(30)17-7-5-11-23-13-17;;1-5(2,3)4/h3-13H,1-2H3,(H,27,29)(H,28,30);;(H2,1,2,3,4)/q;+2;. The van der Waals surface area contributed by atoms with Gasteiger partial charge in [0.05, 0.1) is 33.9 Å². The molecule has 13 nitrogen and oxygen atoms in total. The first-order chi connectivity index (χ1) is 16.5. The Hall–Kier alpha value is -3.88. The van der Waals surface area contributed by atoms with E-state index in [4.69, 9.17) is 17.5 Å². The van der Waals surface area contributed by atoms with Crippen molar-refractivity contribution in [3.8, 4) is 0 Å². The van der Waals surface area contributed by atoms with Crippen molar-refractivity contribution in [3.63, 3.8) is 0 Å². The van der Waals surface area contributed by atoms with Crippen LogP contribution in [0.4, 0.5) is 0 Å². The van der Waals surface area contributed by atoms with Crippen LogP contribution in [0.25, 0.3) is 0 Å². The summed E-state index contributed by atoms with van der Waals surface area (Å²) in [5.74, 6) is -0.732. The summed E-state index contributed by atoms with van der Waals surface area (Å²) in [4.78, 5) is 36.4. The Morgan fingerprint density at radius 2 is 1.22 bits per heavy atom. The van der Waals surface area contributed by atoms with Gasteiger partial charge in [-0.15, -0.1) is 0 Å². The molecule has 0 bridgehead atoms. The summed E-state index contributed by atoms with van der Waals surface area (Å²) >= 11 is 0. The van der Waals surface area contributed by atoms with E-state index in [9.17, 15) is 9.59 Å². The van der Waals surface area contributed by atoms with Crippen LogP contribution in [0.1, 0.15) is 46.0 Å². The number of hydrogen-bond acceptors (Lipinski definition) is 10. The molecule has 3 rings (SSSR count). The summed E-state index contributed by atoms with van der Waals surface area (Å²) < 4.78 is 31.6. The van der Waals surface area contributed by atoms with E-state index in [0.29, 0.717) is 33.9 Å². The summed E-state index contributed by atoms with van der Waals surface area (Å²) in [7, 11) is -4.67. The Labute approximate surface area is 217 Å². The van der Waals surface area contributed by atoms with Gasteiger partial charge in [-0.25, -0.2) is 15.8 Å². The number of nitrogens with zero attached hydrogens (tertiary/aromatic N) is 5. The summed E-state index contributed by atoms with van der Waals surface area (Å²) in [5.41, 5.74) is 7.93. The van der Waals surface area contributed by atoms with Crippen LogP contribution in [-0.2, 0) is 27.5 Å². The van der Waals surface area contributed by atoms with Gasteiger partial charge in [-0.3, -0.25) is 19.6 Å². The van der Waals surface area contributed by atoms with Gasteiger partial charge in [0.2, 0.25) is 0 Å². The van der Waals surface area contributed by atoms with E-state index >= 15 is 0 Å². The van der Waals surface area contributed by atoms with Crippen molar-refractivity contribution >= 4 is 33.6 Å². The Morgan fingerprint density at radius 3 is 1.56 bits per heavy atom. The fourth-order valence-corrected chi connectivity index (χ4v) is 2.34. The predicted octanol–water partition coefficient (Wildman–Crippen LogP) is 0.348. The summed E-state index contributed by atoms with van der Waals surface area (Å²) in [5, 5.41) is 8.19. The largest absolute Gasteiger partial charge is 2.00 e. The van der Waals surface area contributed by atoms with Crippen LogP contribution in [-0.4, -0.2) is 55.7 Å². The summed E-state index contributed by atoms with van der Waals surface area (Å²) in [6.45, 7) is 3.46. The van der Waals surface area contributed by atoms with Crippen molar-refractivity contribution in [3.05, 3.63) is 89.8 Å². The van der Waals surface area contributed by atoms with E-state index < -0.39 is 10.4 Å². The van der Waals surface area contributed by atoms with Crippen LogP contribution in [0, 0.1) is 0 Å². The Morgan fingerprint density at radius 1 is 0.833 bits per heavy atom. The van der Waals surface area contributed by atoms with E-state index in [-0.39, 0.29) is 28.9 Å². The third kappa shape index (κ3) is 11.0. The molecule has 188 valence electrons. The van der Waals surface area contributed by atoms with Crippen molar-refractivity contribution in [1.29, 1.82) is 0 Å². The van der Waals surface area contributed by atoms with Gasteiger partial charge < -0.3 is 9.11 Å². The summed E-state index contributed by atoms with van der Waals surface area (Å²) in [6, 6.07) is 12.0. The number of hydrogen-bond donors (Lipinski definition) is 2. The van der Waals surface area contributed by atoms with Crippen LogP contribution in [0.3, 0.4) is 0 Å². The van der Waals surface area contributed by atoms with Crippen LogP contribution >= 0.6 is 0 Å². The van der Waals surface area contributed by atoms with Gasteiger partial charge in [0.15, 0.2) is 0 Å². The average molecular weight is 555 g/mol. The predicted molar refractivity (Wildman–Crippen MR) is 125 cm³/mol. The van der Waals surface area contributed by atoms with Crippen molar-refractivity contribution in [1.82, 2.24) is 25.8 Å². The third-order valence-corrected chi connectivity index (χ3v) is 3.99. The second-order valence-electron chi connectivity index (χ2n) is 6.62. The minimum Gasteiger partial charge on any atom is -0.683 e. The minimum atomic E-state index is -4.67. The smallest absolute Gasteiger partial charge is 0.683 e. The number of aromatic nitrogens is 3. The maximum Gasteiger partial charge on any atom is 2.00 e. The first-order valence-electron chi connectivity index (χ1n) is 9.72. The molecule has 0 aliphatic carbocycles. The molecule has 0 aliphatic rings. The molecule has 0 aromatic carbocycles. The molecular formula is C21H21FeN7O6S+2.